The molecule has 0 N–H and O–H groups in total. The van der Waals surface area contributed by atoms with Crippen molar-refractivity contribution >= 4 is 0 Å². The Morgan fingerprint density at radius 2 is 1.73 bits per heavy atom. The molecule has 0 radical (unpaired) electrons. The molecule has 4 aliphatic carbocycles. The maximum atomic E-state index is 4.49. The molecule has 26 heavy (non-hydrogen) atoms. The van der Waals surface area contributed by atoms with Gasteiger partial charge in [0.25, 0.3) is 0 Å². The first kappa shape index (κ1) is 17.3. The van der Waals surface area contributed by atoms with Crippen molar-refractivity contribution in [3.8, 4) is 0 Å². The molecule has 0 saturated heterocycles. The van der Waals surface area contributed by atoms with Gasteiger partial charge in [-0.2, -0.15) is 0 Å². The average molecular weight is 352 g/mol. The summed E-state index contributed by atoms with van der Waals surface area (Å²) in [6.07, 6.45) is 18.9. The molecule has 1 heteroatoms. The van der Waals surface area contributed by atoms with Crippen molar-refractivity contribution in [3.05, 3.63) is 30.1 Å². The molecular formula is C25H37N. The van der Waals surface area contributed by atoms with Gasteiger partial charge in [-0.1, -0.05) is 39.7 Å². The van der Waals surface area contributed by atoms with E-state index < -0.39 is 0 Å². The van der Waals surface area contributed by atoms with Gasteiger partial charge in [-0.15, -0.1) is 0 Å². The zero-order valence-corrected chi connectivity index (χ0v) is 17.1. The molecular weight excluding hydrogens is 314 g/mol. The van der Waals surface area contributed by atoms with Crippen LogP contribution in [0.25, 0.3) is 0 Å². The fourth-order valence-electron chi connectivity index (χ4n) is 8.73. The lowest BCUT2D eigenvalue weighted by Gasteiger charge is -2.61. The second-order valence-corrected chi connectivity index (χ2v) is 11.0. The van der Waals surface area contributed by atoms with Crippen molar-refractivity contribution in [3.63, 3.8) is 0 Å². The summed E-state index contributed by atoms with van der Waals surface area (Å²) in [5.74, 6) is 3.97. The third-order valence-corrected chi connectivity index (χ3v) is 10.5. The molecule has 7 atom stereocenters. The fourth-order valence-corrected chi connectivity index (χ4v) is 8.73. The highest BCUT2D eigenvalue weighted by Gasteiger charge is 2.63. The lowest BCUT2D eigenvalue weighted by molar-refractivity contribution is -0.113. The van der Waals surface area contributed by atoms with Gasteiger partial charge in [-0.25, -0.2) is 0 Å². The van der Waals surface area contributed by atoms with E-state index in [1.165, 1.54) is 69.8 Å². The Morgan fingerprint density at radius 1 is 0.885 bits per heavy atom. The lowest BCUT2D eigenvalue weighted by atomic mass is 9.43. The van der Waals surface area contributed by atoms with Gasteiger partial charge >= 0.3 is 0 Å². The number of fused-ring (bicyclic) bond motifs is 5. The summed E-state index contributed by atoms with van der Waals surface area (Å²) in [5.41, 5.74) is 2.95. The SMILES string of the molecule is CC1(c2cccnc2)CC[C@H]2[C@@H]3CCC4CCCC[C@]4(C)[C@@H]3CC[C@@]21C. The zero-order valence-electron chi connectivity index (χ0n) is 17.1. The largest absolute Gasteiger partial charge is 0.264 e. The molecule has 4 aliphatic rings. The molecule has 1 aromatic rings. The molecule has 5 rings (SSSR count). The van der Waals surface area contributed by atoms with Crippen molar-refractivity contribution in [1.82, 2.24) is 4.98 Å². The monoisotopic (exact) mass is 351 g/mol. The summed E-state index contributed by atoms with van der Waals surface area (Å²) >= 11 is 0. The second kappa shape index (κ2) is 5.82. The van der Waals surface area contributed by atoms with Crippen LogP contribution in [-0.2, 0) is 5.41 Å². The quantitative estimate of drug-likeness (QED) is 0.544. The van der Waals surface area contributed by atoms with E-state index in [0.29, 0.717) is 16.2 Å². The first-order chi connectivity index (χ1) is 12.5. The Labute approximate surface area is 160 Å². The van der Waals surface area contributed by atoms with Crippen LogP contribution in [0.2, 0.25) is 0 Å². The first-order valence-electron chi connectivity index (χ1n) is 11.4. The number of rotatable bonds is 1. The van der Waals surface area contributed by atoms with E-state index in [4.69, 9.17) is 0 Å². The van der Waals surface area contributed by atoms with Gasteiger partial charge in [-0.3, -0.25) is 4.98 Å². The van der Waals surface area contributed by atoms with E-state index >= 15 is 0 Å². The van der Waals surface area contributed by atoms with E-state index in [0.717, 1.165) is 23.7 Å². The molecule has 2 unspecified atom stereocenters. The summed E-state index contributed by atoms with van der Waals surface area (Å²) in [7, 11) is 0. The minimum absolute atomic E-state index is 0.321. The van der Waals surface area contributed by atoms with Gasteiger partial charge in [0.2, 0.25) is 0 Å². The van der Waals surface area contributed by atoms with Crippen molar-refractivity contribution in [2.75, 3.05) is 0 Å². The normalized spacial score (nSPS) is 50.6. The predicted octanol–water partition coefficient (Wildman–Crippen LogP) is 6.77. The smallest absolute Gasteiger partial charge is 0.0305 e. The molecule has 0 spiro atoms. The average Bonchev–Trinajstić information content (AvgIpc) is 2.94. The number of hydrogen-bond acceptors (Lipinski definition) is 1. The van der Waals surface area contributed by atoms with E-state index in [9.17, 15) is 0 Å². The molecule has 4 fully saturated rings. The Kier molecular flexibility index (Phi) is 3.87. The number of aromatic nitrogens is 1. The van der Waals surface area contributed by atoms with Crippen molar-refractivity contribution in [2.24, 2.45) is 34.5 Å². The molecule has 0 aromatic carbocycles. The Hall–Kier alpha value is -0.850. The van der Waals surface area contributed by atoms with Crippen LogP contribution in [-0.4, -0.2) is 4.98 Å². The minimum Gasteiger partial charge on any atom is -0.264 e. The van der Waals surface area contributed by atoms with Crippen molar-refractivity contribution in [2.45, 2.75) is 90.4 Å². The minimum atomic E-state index is 0.321. The van der Waals surface area contributed by atoms with E-state index in [1.807, 2.05) is 6.20 Å². The number of pyridine rings is 1. The van der Waals surface area contributed by atoms with Gasteiger partial charge in [0.1, 0.15) is 0 Å². The predicted molar refractivity (Wildman–Crippen MR) is 108 cm³/mol. The Balaban J connectivity index is 1.49. The summed E-state index contributed by atoms with van der Waals surface area (Å²) in [6.45, 7) is 7.92. The number of nitrogens with zero attached hydrogens (tertiary/aromatic N) is 1. The van der Waals surface area contributed by atoms with Gasteiger partial charge in [0.05, 0.1) is 0 Å². The van der Waals surface area contributed by atoms with Crippen LogP contribution in [0.5, 0.6) is 0 Å². The van der Waals surface area contributed by atoms with Crippen LogP contribution in [0, 0.1) is 34.5 Å². The van der Waals surface area contributed by atoms with Crippen LogP contribution in [0.15, 0.2) is 24.5 Å². The van der Waals surface area contributed by atoms with E-state index in [2.05, 4.69) is 44.1 Å². The van der Waals surface area contributed by atoms with Crippen LogP contribution in [0.3, 0.4) is 0 Å². The van der Waals surface area contributed by atoms with Crippen LogP contribution < -0.4 is 0 Å². The molecule has 0 bridgehead atoms. The molecule has 1 heterocycles. The third kappa shape index (κ3) is 2.12. The molecule has 1 aromatic heterocycles. The summed E-state index contributed by atoms with van der Waals surface area (Å²) in [5, 5.41) is 0. The first-order valence-corrected chi connectivity index (χ1v) is 11.4. The highest BCUT2D eigenvalue weighted by molar-refractivity contribution is 5.29. The fraction of sp³-hybridized carbons (Fsp3) is 0.800. The summed E-state index contributed by atoms with van der Waals surface area (Å²) in [4.78, 5) is 4.49. The maximum absolute atomic E-state index is 4.49. The van der Waals surface area contributed by atoms with E-state index in [1.54, 1.807) is 0 Å². The van der Waals surface area contributed by atoms with Gasteiger partial charge < -0.3 is 0 Å². The topological polar surface area (TPSA) is 12.9 Å². The molecule has 142 valence electrons. The highest BCUT2D eigenvalue weighted by atomic mass is 14.7. The van der Waals surface area contributed by atoms with Crippen LogP contribution in [0.4, 0.5) is 0 Å². The summed E-state index contributed by atoms with van der Waals surface area (Å²) in [6, 6.07) is 4.50. The molecule has 0 aliphatic heterocycles. The van der Waals surface area contributed by atoms with Gasteiger partial charge in [-0.05, 0) is 103 Å². The number of hydrogen-bond donors (Lipinski definition) is 0. The zero-order chi connectivity index (χ0) is 18.0. The summed E-state index contributed by atoms with van der Waals surface area (Å²) < 4.78 is 0. The second-order valence-electron chi connectivity index (χ2n) is 11.0. The molecule has 0 amide bonds. The Morgan fingerprint density at radius 3 is 2.54 bits per heavy atom. The third-order valence-electron chi connectivity index (χ3n) is 10.5. The molecule has 1 nitrogen and oxygen atoms in total. The van der Waals surface area contributed by atoms with E-state index in [-0.39, 0.29) is 0 Å². The van der Waals surface area contributed by atoms with Crippen molar-refractivity contribution in [1.29, 1.82) is 0 Å². The maximum Gasteiger partial charge on any atom is 0.0305 e. The highest BCUT2D eigenvalue weighted by Crippen LogP contribution is 2.70. The van der Waals surface area contributed by atoms with Gasteiger partial charge in [0, 0.05) is 12.4 Å². The van der Waals surface area contributed by atoms with Gasteiger partial charge in [0.15, 0.2) is 0 Å². The van der Waals surface area contributed by atoms with Crippen molar-refractivity contribution < 1.29 is 0 Å². The van der Waals surface area contributed by atoms with Crippen LogP contribution >= 0.6 is 0 Å². The molecule has 4 saturated carbocycles. The lowest BCUT2D eigenvalue weighted by Crippen LogP contribution is -2.54. The Bertz CT molecular complexity index is 668. The standard InChI is InChI=1S/C25H37N/c1-23-13-5-4-7-18(23)9-10-20-21(23)11-15-25(3)22(20)12-14-24(25,2)19-8-6-16-26-17-19/h6,8,16-18,20-22H,4-5,7,9-15H2,1-3H3/t18?,20-,21-,22+,23+,24?,25+/m1/s1. The van der Waals surface area contributed by atoms with Crippen LogP contribution in [0.1, 0.15) is 90.5 Å².